The average molecular weight is 225 g/mol. The summed E-state index contributed by atoms with van der Waals surface area (Å²) in [5.74, 6) is 4.26. The number of para-hydroxylation sites is 2. The third-order valence-corrected chi connectivity index (χ3v) is 2.19. The Hall–Kier alpha value is -2.47. The lowest BCUT2D eigenvalue weighted by molar-refractivity contribution is 0.374. The van der Waals surface area contributed by atoms with Crippen LogP contribution in [0.25, 0.3) is 0 Å². The number of rotatable bonds is 3. The number of benzene rings is 1. The summed E-state index contributed by atoms with van der Waals surface area (Å²) in [5.41, 5.74) is 0.720. The van der Waals surface area contributed by atoms with Crippen LogP contribution in [0.15, 0.2) is 42.6 Å². The standard InChI is InChI=1S/C14H11NO2/c1-3-11-8-9-14(15-10-11)17-13-7-5-4-6-12(13)16-2/h1,4-10H,2H3. The van der Waals surface area contributed by atoms with Crippen LogP contribution in [-0.4, -0.2) is 12.1 Å². The minimum atomic E-state index is 0.480. The minimum absolute atomic E-state index is 0.480. The summed E-state index contributed by atoms with van der Waals surface area (Å²) in [6.07, 6.45) is 6.84. The zero-order valence-corrected chi connectivity index (χ0v) is 9.38. The lowest BCUT2D eigenvalue weighted by atomic mass is 10.3. The maximum Gasteiger partial charge on any atom is 0.219 e. The highest BCUT2D eigenvalue weighted by Gasteiger charge is 2.04. The van der Waals surface area contributed by atoms with Crippen molar-refractivity contribution in [3.05, 3.63) is 48.2 Å². The predicted molar refractivity (Wildman–Crippen MR) is 65.2 cm³/mol. The molecule has 0 saturated carbocycles. The number of methoxy groups -OCH3 is 1. The smallest absolute Gasteiger partial charge is 0.219 e. The number of hydrogen-bond donors (Lipinski definition) is 0. The topological polar surface area (TPSA) is 31.4 Å². The molecular formula is C14H11NO2. The maximum absolute atomic E-state index is 5.60. The van der Waals surface area contributed by atoms with E-state index in [0.717, 1.165) is 5.56 Å². The van der Waals surface area contributed by atoms with Gasteiger partial charge in [-0.05, 0) is 18.2 Å². The Balaban J connectivity index is 2.22. The molecule has 2 rings (SSSR count). The van der Waals surface area contributed by atoms with Gasteiger partial charge in [-0.3, -0.25) is 0 Å². The molecule has 3 nitrogen and oxygen atoms in total. The first-order chi connectivity index (χ1) is 8.33. The van der Waals surface area contributed by atoms with Gasteiger partial charge in [0.1, 0.15) is 0 Å². The summed E-state index contributed by atoms with van der Waals surface area (Å²) in [6.45, 7) is 0. The molecule has 1 aromatic heterocycles. The highest BCUT2D eigenvalue weighted by atomic mass is 16.5. The molecule has 84 valence electrons. The molecule has 0 saturated heterocycles. The van der Waals surface area contributed by atoms with Gasteiger partial charge >= 0.3 is 0 Å². The van der Waals surface area contributed by atoms with E-state index in [9.17, 15) is 0 Å². The molecule has 0 N–H and O–H groups in total. The summed E-state index contributed by atoms with van der Waals surface area (Å²) >= 11 is 0. The van der Waals surface area contributed by atoms with E-state index in [4.69, 9.17) is 15.9 Å². The van der Waals surface area contributed by atoms with Crippen LogP contribution in [0.1, 0.15) is 5.56 Å². The Morgan fingerprint density at radius 2 is 1.88 bits per heavy atom. The van der Waals surface area contributed by atoms with Crippen LogP contribution in [0.4, 0.5) is 0 Å². The molecule has 0 atom stereocenters. The van der Waals surface area contributed by atoms with E-state index in [2.05, 4.69) is 10.9 Å². The maximum atomic E-state index is 5.60. The number of hydrogen-bond acceptors (Lipinski definition) is 3. The molecule has 0 amide bonds. The van der Waals surface area contributed by atoms with Gasteiger partial charge in [-0.15, -0.1) is 6.42 Å². The van der Waals surface area contributed by atoms with Gasteiger partial charge in [-0.2, -0.15) is 0 Å². The molecule has 0 spiro atoms. The van der Waals surface area contributed by atoms with Crippen molar-refractivity contribution in [1.82, 2.24) is 4.98 Å². The molecule has 17 heavy (non-hydrogen) atoms. The first-order valence-corrected chi connectivity index (χ1v) is 5.07. The van der Waals surface area contributed by atoms with Crippen molar-refractivity contribution in [3.8, 4) is 29.7 Å². The molecule has 1 heterocycles. The van der Waals surface area contributed by atoms with Gasteiger partial charge in [0.15, 0.2) is 11.5 Å². The minimum Gasteiger partial charge on any atom is -0.493 e. The van der Waals surface area contributed by atoms with Crippen molar-refractivity contribution in [2.24, 2.45) is 0 Å². The van der Waals surface area contributed by atoms with E-state index < -0.39 is 0 Å². The zero-order valence-electron chi connectivity index (χ0n) is 9.38. The summed E-state index contributed by atoms with van der Waals surface area (Å²) in [7, 11) is 1.59. The molecule has 1 aromatic carbocycles. The molecule has 0 aliphatic carbocycles. The van der Waals surface area contributed by atoms with Crippen molar-refractivity contribution in [2.75, 3.05) is 7.11 Å². The van der Waals surface area contributed by atoms with E-state index >= 15 is 0 Å². The summed E-state index contributed by atoms with van der Waals surface area (Å²) in [4.78, 5) is 4.10. The van der Waals surface area contributed by atoms with Crippen LogP contribution in [-0.2, 0) is 0 Å². The molecule has 0 aliphatic rings. The molecule has 0 radical (unpaired) electrons. The lowest BCUT2D eigenvalue weighted by Gasteiger charge is -2.08. The first kappa shape index (κ1) is 11.0. The van der Waals surface area contributed by atoms with Crippen molar-refractivity contribution >= 4 is 0 Å². The van der Waals surface area contributed by atoms with Gasteiger partial charge in [0.25, 0.3) is 0 Å². The Kier molecular flexibility index (Phi) is 3.27. The van der Waals surface area contributed by atoms with Crippen LogP contribution in [0.2, 0.25) is 0 Å². The summed E-state index contributed by atoms with van der Waals surface area (Å²) < 4.78 is 10.8. The van der Waals surface area contributed by atoms with Crippen LogP contribution >= 0.6 is 0 Å². The van der Waals surface area contributed by atoms with E-state index in [1.165, 1.54) is 0 Å². The highest BCUT2D eigenvalue weighted by Crippen LogP contribution is 2.29. The van der Waals surface area contributed by atoms with E-state index in [1.54, 1.807) is 25.4 Å². The zero-order chi connectivity index (χ0) is 12.1. The second-order valence-corrected chi connectivity index (χ2v) is 3.28. The number of pyridine rings is 1. The summed E-state index contributed by atoms with van der Waals surface area (Å²) in [6, 6.07) is 10.9. The van der Waals surface area contributed by atoms with Crippen LogP contribution in [0, 0.1) is 12.3 Å². The molecule has 0 aliphatic heterocycles. The monoisotopic (exact) mass is 225 g/mol. The van der Waals surface area contributed by atoms with E-state index in [0.29, 0.717) is 17.4 Å². The third kappa shape index (κ3) is 2.56. The van der Waals surface area contributed by atoms with Crippen molar-refractivity contribution in [1.29, 1.82) is 0 Å². The van der Waals surface area contributed by atoms with Crippen molar-refractivity contribution in [2.45, 2.75) is 0 Å². The second kappa shape index (κ2) is 5.04. The van der Waals surface area contributed by atoms with Crippen LogP contribution in [0.3, 0.4) is 0 Å². The fourth-order valence-electron chi connectivity index (χ4n) is 1.34. The number of nitrogens with zero attached hydrogens (tertiary/aromatic N) is 1. The van der Waals surface area contributed by atoms with Gasteiger partial charge < -0.3 is 9.47 Å². The normalized spacial score (nSPS) is 9.41. The Bertz CT molecular complexity index is 541. The highest BCUT2D eigenvalue weighted by molar-refractivity contribution is 5.42. The Morgan fingerprint density at radius 1 is 1.12 bits per heavy atom. The fraction of sp³-hybridized carbons (Fsp3) is 0.0714. The third-order valence-electron chi connectivity index (χ3n) is 2.19. The van der Waals surface area contributed by atoms with Crippen molar-refractivity contribution < 1.29 is 9.47 Å². The average Bonchev–Trinajstić information content (AvgIpc) is 2.40. The van der Waals surface area contributed by atoms with E-state index in [1.807, 2.05) is 24.3 Å². The number of ether oxygens (including phenoxy) is 2. The van der Waals surface area contributed by atoms with Gasteiger partial charge in [-0.25, -0.2) is 4.98 Å². The van der Waals surface area contributed by atoms with Gasteiger partial charge in [0, 0.05) is 17.8 Å². The predicted octanol–water partition coefficient (Wildman–Crippen LogP) is 2.86. The van der Waals surface area contributed by atoms with Gasteiger partial charge in [0.2, 0.25) is 5.88 Å². The quantitative estimate of drug-likeness (QED) is 0.753. The van der Waals surface area contributed by atoms with Gasteiger partial charge in [-0.1, -0.05) is 18.1 Å². The molecule has 3 heteroatoms. The Morgan fingerprint density at radius 3 is 2.47 bits per heavy atom. The van der Waals surface area contributed by atoms with Crippen LogP contribution < -0.4 is 9.47 Å². The molecular weight excluding hydrogens is 214 g/mol. The fourth-order valence-corrected chi connectivity index (χ4v) is 1.34. The molecule has 2 aromatic rings. The Labute approximate surface area is 100 Å². The first-order valence-electron chi connectivity index (χ1n) is 5.07. The van der Waals surface area contributed by atoms with Gasteiger partial charge in [0.05, 0.1) is 7.11 Å². The summed E-state index contributed by atoms with van der Waals surface area (Å²) in [5, 5.41) is 0. The van der Waals surface area contributed by atoms with Crippen molar-refractivity contribution in [3.63, 3.8) is 0 Å². The SMILES string of the molecule is C#Cc1ccc(Oc2ccccc2OC)nc1. The molecule has 0 unspecified atom stereocenters. The largest absolute Gasteiger partial charge is 0.493 e. The lowest BCUT2D eigenvalue weighted by Crippen LogP contribution is -1.91. The van der Waals surface area contributed by atoms with Crippen LogP contribution in [0.5, 0.6) is 17.4 Å². The number of aromatic nitrogens is 1. The molecule has 0 fully saturated rings. The number of terminal acetylenes is 1. The molecule has 0 bridgehead atoms. The second-order valence-electron chi connectivity index (χ2n) is 3.28. The van der Waals surface area contributed by atoms with E-state index in [-0.39, 0.29) is 0 Å².